The molecule has 0 spiro atoms. The summed E-state index contributed by atoms with van der Waals surface area (Å²) in [5.74, 6) is -0.838. The molecule has 0 radical (unpaired) electrons. The lowest BCUT2D eigenvalue weighted by Gasteiger charge is -2.24. The molecule has 0 atom stereocenters. The Labute approximate surface area is 193 Å². The van der Waals surface area contributed by atoms with E-state index in [1.807, 2.05) is 0 Å². The molecule has 6 nitrogen and oxygen atoms in total. The Morgan fingerprint density at radius 1 is 1.00 bits per heavy atom. The van der Waals surface area contributed by atoms with Gasteiger partial charge in [0.2, 0.25) is 10.0 Å². The molecule has 0 aromatic heterocycles. The summed E-state index contributed by atoms with van der Waals surface area (Å²) in [6.07, 6.45) is -3.51. The average molecular weight is 496 g/mol. The molecule has 0 aliphatic carbocycles. The van der Waals surface area contributed by atoms with Crippen LogP contribution in [0.15, 0.2) is 66.7 Å². The lowest BCUT2D eigenvalue weighted by Crippen LogP contribution is -2.29. The van der Waals surface area contributed by atoms with Gasteiger partial charge >= 0.3 is 6.18 Å². The highest BCUT2D eigenvalue weighted by Gasteiger charge is 2.30. The molecular formula is C23H20F4N2O4S. The van der Waals surface area contributed by atoms with Crippen LogP contribution in [-0.2, 0) is 22.7 Å². The molecule has 0 saturated heterocycles. The van der Waals surface area contributed by atoms with Crippen LogP contribution >= 0.6 is 0 Å². The first-order valence-corrected chi connectivity index (χ1v) is 11.6. The maximum Gasteiger partial charge on any atom is 0.416 e. The van der Waals surface area contributed by atoms with E-state index in [-0.39, 0.29) is 23.5 Å². The summed E-state index contributed by atoms with van der Waals surface area (Å²) in [4.78, 5) is 12.7. The number of methoxy groups -OCH3 is 1. The van der Waals surface area contributed by atoms with Gasteiger partial charge in [-0.2, -0.15) is 13.2 Å². The van der Waals surface area contributed by atoms with E-state index in [1.54, 1.807) is 0 Å². The molecule has 0 saturated carbocycles. The molecule has 0 aliphatic rings. The molecule has 3 rings (SSSR count). The summed E-state index contributed by atoms with van der Waals surface area (Å²) in [5, 5.41) is 2.50. The summed E-state index contributed by atoms with van der Waals surface area (Å²) in [6.45, 7) is -0.213. The fourth-order valence-corrected chi connectivity index (χ4v) is 4.03. The predicted molar refractivity (Wildman–Crippen MR) is 120 cm³/mol. The molecule has 1 amide bonds. The van der Waals surface area contributed by atoms with E-state index >= 15 is 0 Å². The molecule has 11 heteroatoms. The van der Waals surface area contributed by atoms with Crippen molar-refractivity contribution in [1.82, 2.24) is 0 Å². The third-order valence-electron chi connectivity index (χ3n) is 4.84. The Bertz CT molecular complexity index is 1280. The van der Waals surface area contributed by atoms with Crippen molar-refractivity contribution in [3.05, 3.63) is 89.2 Å². The molecule has 0 fully saturated rings. The largest absolute Gasteiger partial charge is 0.496 e. The number of benzene rings is 3. The van der Waals surface area contributed by atoms with Gasteiger partial charge < -0.3 is 10.1 Å². The number of sulfonamides is 1. The summed E-state index contributed by atoms with van der Waals surface area (Å²) >= 11 is 0. The molecule has 3 aromatic carbocycles. The highest BCUT2D eigenvalue weighted by atomic mass is 32.2. The average Bonchev–Trinajstić information content (AvgIpc) is 2.77. The Balaban J connectivity index is 1.88. The summed E-state index contributed by atoms with van der Waals surface area (Å²) < 4.78 is 82.6. The number of carbonyl (C=O) groups is 1. The van der Waals surface area contributed by atoms with Crippen molar-refractivity contribution >= 4 is 27.3 Å². The molecule has 34 heavy (non-hydrogen) atoms. The van der Waals surface area contributed by atoms with Crippen LogP contribution in [0.1, 0.15) is 21.5 Å². The first-order chi connectivity index (χ1) is 15.9. The van der Waals surface area contributed by atoms with Gasteiger partial charge in [0.05, 0.1) is 31.2 Å². The number of nitrogens with zero attached hydrogens (tertiary/aromatic N) is 1. The van der Waals surface area contributed by atoms with E-state index in [1.165, 1.54) is 37.4 Å². The van der Waals surface area contributed by atoms with Gasteiger partial charge in [-0.3, -0.25) is 9.10 Å². The van der Waals surface area contributed by atoms with Crippen molar-refractivity contribution in [2.45, 2.75) is 12.7 Å². The minimum absolute atomic E-state index is 0.128. The predicted octanol–water partition coefficient (Wildman–Crippen LogP) is 5.07. The van der Waals surface area contributed by atoms with Gasteiger partial charge in [-0.15, -0.1) is 0 Å². The van der Waals surface area contributed by atoms with Crippen molar-refractivity contribution in [2.75, 3.05) is 23.0 Å². The molecule has 1 N–H and O–H groups in total. The number of ether oxygens (including phenoxy) is 1. The number of nitrogens with one attached hydrogen (secondary N) is 1. The van der Waals surface area contributed by atoms with Crippen molar-refractivity contribution in [3.63, 3.8) is 0 Å². The SMILES string of the molecule is COc1ccc(C(=O)Nc2ccc(C(F)(F)F)cc2)cc1CN(c1ccc(F)cc1)S(C)(=O)=O. The van der Waals surface area contributed by atoms with E-state index < -0.39 is 33.5 Å². The third-order valence-corrected chi connectivity index (χ3v) is 5.98. The lowest BCUT2D eigenvalue weighted by molar-refractivity contribution is -0.137. The van der Waals surface area contributed by atoms with Gasteiger partial charge in [0.25, 0.3) is 5.91 Å². The third kappa shape index (κ3) is 6.04. The Kier molecular flexibility index (Phi) is 7.15. The maximum atomic E-state index is 13.3. The molecular weight excluding hydrogens is 476 g/mol. The standard InChI is InChI=1S/C23H20F4N2O4S/c1-33-21-12-3-15(22(30)28-19-8-4-17(5-9-19)23(25,26)27)13-16(21)14-29(34(2,31)32)20-10-6-18(24)7-11-20/h3-13H,14H2,1-2H3,(H,28,30). The highest BCUT2D eigenvalue weighted by Crippen LogP contribution is 2.30. The highest BCUT2D eigenvalue weighted by molar-refractivity contribution is 7.92. The fourth-order valence-electron chi connectivity index (χ4n) is 3.15. The molecule has 0 unspecified atom stereocenters. The van der Waals surface area contributed by atoms with Crippen LogP contribution in [-0.4, -0.2) is 27.7 Å². The zero-order chi connectivity index (χ0) is 25.1. The maximum absolute atomic E-state index is 13.3. The smallest absolute Gasteiger partial charge is 0.416 e. The quantitative estimate of drug-likeness (QED) is 0.464. The van der Waals surface area contributed by atoms with Crippen molar-refractivity contribution in [3.8, 4) is 5.75 Å². The number of rotatable bonds is 7. The van der Waals surface area contributed by atoms with Crippen molar-refractivity contribution < 1.29 is 35.5 Å². The van der Waals surface area contributed by atoms with Gasteiger partial charge in [0, 0.05) is 16.8 Å². The summed E-state index contributed by atoms with van der Waals surface area (Å²) in [5.41, 5.74) is -0.00975. The summed E-state index contributed by atoms with van der Waals surface area (Å²) in [7, 11) is -2.41. The number of halogens is 4. The van der Waals surface area contributed by atoms with Crippen molar-refractivity contribution in [2.24, 2.45) is 0 Å². The number of alkyl halides is 3. The minimum atomic E-state index is -4.50. The Morgan fingerprint density at radius 3 is 2.15 bits per heavy atom. The summed E-state index contributed by atoms with van der Waals surface area (Å²) in [6, 6.07) is 13.2. The van der Waals surface area contributed by atoms with Crippen LogP contribution in [0.5, 0.6) is 5.75 Å². The van der Waals surface area contributed by atoms with Crippen LogP contribution < -0.4 is 14.4 Å². The van der Waals surface area contributed by atoms with Gasteiger partial charge in [0.1, 0.15) is 11.6 Å². The second-order valence-electron chi connectivity index (χ2n) is 7.30. The number of hydrogen-bond donors (Lipinski definition) is 1. The number of carbonyl (C=O) groups excluding carboxylic acids is 1. The first-order valence-electron chi connectivity index (χ1n) is 9.77. The monoisotopic (exact) mass is 496 g/mol. The van der Waals surface area contributed by atoms with Crippen LogP contribution in [0.3, 0.4) is 0 Å². The van der Waals surface area contributed by atoms with E-state index in [0.717, 1.165) is 47.0 Å². The fraction of sp³-hybridized carbons (Fsp3) is 0.174. The van der Waals surface area contributed by atoms with Gasteiger partial charge in [-0.1, -0.05) is 0 Å². The van der Waals surface area contributed by atoms with Crippen LogP contribution in [0.25, 0.3) is 0 Å². The first kappa shape index (κ1) is 25.0. The second kappa shape index (κ2) is 9.72. The van der Waals surface area contributed by atoms with Crippen LogP contribution in [0.2, 0.25) is 0 Å². The van der Waals surface area contributed by atoms with E-state index in [9.17, 15) is 30.8 Å². The zero-order valence-electron chi connectivity index (χ0n) is 18.1. The Hall–Kier alpha value is -3.60. The topological polar surface area (TPSA) is 75.7 Å². The molecule has 0 heterocycles. The van der Waals surface area contributed by atoms with Gasteiger partial charge in [-0.25, -0.2) is 12.8 Å². The second-order valence-corrected chi connectivity index (χ2v) is 9.21. The van der Waals surface area contributed by atoms with Crippen LogP contribution in [0, 0.1) is 5.82 Å². The van der Waals surface area contributed by atoms with E-state index in [0.29, 0.717) is 11.3 Å². The van der Waals surface area contributed by atoms with Crippen molar-refractivity contribution in [1.29, 1.82) is 0 Å². The Morgan fingerprint density at radius 2 is 1.62 bits per heavy atom. The molecule has 3 aromatic rings. The minimum Gasteiger partial charge on any atom is -0.496 e. The molecule has 0 bridgehead atoms. The zero-order valence-corrected chi connectivity index (χ0v) is 18.9. The normalized spacial score (nSPS) is 11.7. The molecule has 0 aliphatic heterocycles. The lowest BCUT2D eigenvalue weighted by atomic mass is 10.1. The van der Waals surface area contributed by atoms with E-state index in [4.69, 9.17) is 4.74 Å². The number of hydrogen-bond acceptors (Lipinski definition) is 4. The molecule has 180 valence electrons. The van der Waals surface area contributed by atoms with E-state index in [2.05, 4.69) is 5.32 Å². The number of anilines is 2. The van der Waals surface area contributed by atoms with Crippen LogP contribution in [0.4, 0.5) is 28.9 Å². The van der Waals surface area contributed by atoms with Gasteiger partial charge in [0.15, 0.2) is 0 Å². The van der Waals surface area contributed by atoms with Gasteiger partial charge in [-0.05, 0) is 66.7 Å². The number of amides is 1.